The molecule has 0 fully saturated rings. The molecule has 0 spiro atoms. The lowest BCUT2D eigenvalue weighted by Crippen LogP contribution is -2.37. The molecule has 0 amide bonds. The van der Waals surface area contributed by atoms with Crippen molar-refractivity contribution in [2.75, 3.05) is 0 Å². The zero-order valence-corrected chi connectivity index (χ0v) is 16.5. The van der Waals surface area contributed by atoms with E-state index in [2.05, 4.69) is 20.2 Å². The zero-order valence-electron chi connectivity index (χ0n) is 16.5. The summed E-state index contributed by atoms with van der Waals surface area (Å²) < 4.78 is 1.26. The van der Waals surface area contributed by atoms with Gasteiger partial charge in [0.2, 0.25) is 0 Å². The minimum atomic E-state index is -0.437. The number of nitrogens with one attached hydrogen (secondary N) is 2. The SMILES string of the molecule is Cc1cc(-c2n[nH]c3cc4[nH]c(=O)n(C(C)c5ccccc5)c(=O)c4cc23)ccn1. The van der Waals surface area contributed by atoms with Crippen molar-refractivity contribution in [1.29, 1.82) is 0 Å². The van der Waals surface area contributed by atoms with Crippen LogP contribution >= 0.6 is 0 Å². The molecule has 0 aliphatic heterocycles. The van der Waals surface area contributed by atoms with E-state index in [-0.39, 0.29) is 5.56 Å². The molecule has 0 bridgehead atoms. The van der Waals surface area contributed by atoms with E-state index in [4.69, 9.17) is 0 Å². The van der Waals surface area contributed by atoms with E-state index < -0.39 is 11.7 Å². The molecule has 148 valence electrons. The summed E-state index contributed by atoms with van der Waals surface area (Å²) in [5.41, 5.74) is 3.89. The number of hydrogen-bond acceptors (Lipinski definition) is 4. The number of aryl methyl sites for hydroxylation is 1. The monoisotopic (exact) mass is 397 g/mol. The van der Waals surface area contributed by atoms with E-state index in [0.29, 0.717) is 10.9 Å². The molecule has 5 rings (SSSR count). The molecule has 1 atom stereocenters. The van der Waals surface area contributed by atoms with Crippen LogP contribution in [0, 0.1) is 6.92 Å². The summed E-state index contributed by atoms with van der Waals surface area (Å²) >= 11 is 0. The van der Waals surface area contributed by atoms with Gasteiger partial charge in [0, 0.05) is 22.8 Å². The van der Waals surface area contributed by atoms with Crippen LogP contribution < -0.4 is 11.2 Å². The van der Waals surface area contributed by atoms with Gasteiger partial charge < -0.3 is 4.98 Å². The van der Waals surface area contributed by atoms with Crippen molar-refractivity contribution in [2.24, 2.45) is 0 Å². The molecule has 7 nitrogen and oxygen atoms in total. The summed E-state index contributed by atoms with van der Waals surface area (Å²) in [6.45, 7) is 3.77. The zero-order chi connectivity index (χ0) is 20.8. The molecular formula is C23H19N5O2. The highest BCUT2D eigenvalue weighted by Gasteiger charge is 2.17. The maximum Gasteiger partial charge on any atom is 0.329 e. The van der Waals surface area contributed by atoms with Gasteiger partial charge in [0.05, 0.1) is 22.5 Å². The smallest absolute Gasteiger partial charge is 0.307 e. The van der Waals surface area contributed by atoms with Crippen molar-refractivity contribution < 1.29 is 0 Å². The lowest BCUT2D eigenvalue weighted by Gasteiger charge is -2.15. The van der Waals surface area contributed by atoms with Gasteiger partial charge in [-0.15, -0.1) is 0 Å². The Morgan fingerprint density at radius 1 is 0.967 bits per heavy atom. The Morgan fingerprint density at radius 2 is 1.77 bits per heavy atom. The first-order valence-corrected chi connectivity index (χ1v) is 9.67. The normalized spacial score (nSPS) is 12.5. The third kappa shape index (κ3) is 2.83. The van der Waals surface area contributed by atoms with Crippen LogP contribution in [0.4, 0.5) is 0 Å². The number of aromatic nitrogens is 5. The van der Waals surface area contributed by atoms with E-state index in [9.17, 15) is 9.59 Å². The van der Waals surface area contributed by atoms with E-state index in [1.165, 1.54) is 4.57 Å². The fraction of sp³-hybridized carbons (Fsp3) is 0.130. The van der Waals surface area contributed by atoms with Gasteiger partial charge in [0.1, 0.15) is 5.69 Å². The van der Waals surface area contributed by atoms with Gasteiger partial charge in [-0.1, -0.05) is 30.3 Å². The number of hydrogen-bond donors (Lipinski definition) is 2. The lowest BCUT2D eigenvalue weighted by molar-refractivity contribution is 0.585. The van der Waals surface area contributed by atoms with Gasteiger partial charge in [-0.25, -0.2) is 4.79 Å². The number of rotatable bonds is 3. The highest BCUT2D eigenvalue weighted by atomic mass is 16.2. The predicted octanol–water partition coefficient (Wildman–Crippen LogP) is 3.55. The summed E-state index contributed by atoms with van der Waals surface area (Å²) in [6.07, 6.45) is 1.73. The minimum absolute atomic E-state index is 0.329. The van der Waals surface area contributed by atoms with Gasteiger partial charge in [0.25, 0.3) is 5.56 Å². The number of H-pyrrole nitrogens is 2. The molecule has 0 saturated carbocycles. The molecule has 2 N–H and O–H groups in total. The van der Waals surface area contributed by atoms with Gasteiger partial charge in [-0.05, 0) is 43.7 Å². The molecule has 30 heavy (non-hydrogen) atoms. The Hall–Kier alpha value is -4.00. The van der Waals surface area contributed by atoms with Gasteiger partial charge in [-0.3, -0.25) is 19.4 Å². The van der Waals surface area contributed by atoms with Crippen molar-refractivity contribution in [1.82, 2.24) is 24.7 Å². The first-order chi connectivity index (χ1) is 14.5. The highest BCUT2D eigenvalue weighted by molar-refractivity contribution is 6.01. The molecule has 0 aliphatic rings. The van der Waals surface area contributed by atoms with Crippen LogP contribution in [-0.2, 0) is 0 Å². The second kappa shape index (κ2) is 6.81. The molecule has 7 heteroatoms. The number of pyridine rings is 1. The van der Waals surface area contributed by atoms with E-state index in [0.717, 1.165) is 33.4 Å². The first kappa shape index (κ1) is 18.1. The summed E-state index contributed by atoms with van der Waals surface area (Å²) in [4.78, 5) is 33.2. The molecule has 0 saturated heterocycles. The molecule has 5 aromatic rings. The van der Waals surface area contributed by atoms with Crippen LogP contribution in [-0.4, -0.2) is 24.7 Å². The van der Waals surface area contributed by atoms with E-state index in [1.54, 1.807) is 18.3 Å². The van der Waals surface area contributed by atoms with Crippen molar-refractivity contribution in [3.8, 4) is 11.3 Å². The van der Waals surface area contributed by atoms with Crippen LogP contribution in [0.5, 0.6) is 0 Å². The van der Waals surface area contributed by atoms with Crippen molar-refractivity contribution in [3.63, 3.8) is 0 Å². The largest absolute Gasteiger partial charge is 0.329 e. The third-order valence-corrected chi connectivity index (χ3v) is 5.45. The van der Waals surface area contributed by atoms with Crippen molar-refractivity contribution >= 4 is 21.8 Å². The summed E-state index contributed by atoms with van der Waals surface area (Å²) in [7, 11) is 0. The van der Waals surface area contributed by atoms with Crippen molar-refractivity contribution in [3.05, 3.63) is 92.9 Å². The maximum absolute atomic E-state index is 13.3. The van der Waals surface area contributed by atoms with Gasteiger partial charge in [0.15, 0.2) is 0 Å². The van der Waals surface area contributed by atoms with Crippen LogP contribution in [0.3, 0.4) is 0 Å². The van der Waals surface area contributed by atoms with E-state index >= 15 is 0 Å². The van der Waals surface area contributed by atoms with Crippen molar-refractivity contribution in [2.45, 2.75) is 19.9 Å². The second-order valence-corrected chi connectivity index (χ2v) is 7.39. The summed E-state index contributed by atoms with van der Waals surface area (Å²) in [5, 5.41) is 8.69. The summed E-state index contributed by atoms with van der Waals surface area (Å²) in [6, 6.07) is 16.5. The topological polar surface area (TPSA) is 96.4 Å². The average Bonchev–Trinajstić information content (AvgIpc) is 3.16. The molecule has 1 unspecified atom stereocenters. The number of aromatic amines is 2. The molecular weight excluding hydrogens is 378 g/mol. The van der Waals surface area contributed by atoms with Crippen LogP contribution in [0.1, 0.15) is 24.2 Å². The van der Waals surface area contributed by atoms with Crippen LogP contribution in [0.15, 0.2) is 70.4 Å². The fourth-order valence-corrected chi connectivity index (χ4v) is 3.89. The summed E-state index contributed by atoms with van der Waals surface area (Å²) in [5.74, 6) is 0. The Kier molecular flexibility index (Phi) is 4.10. The Bertz CT molecular complexity index is 1510. The molecule has 2 aromatic carbocycles. The lowest BCUT2D eigenvalue weighted by atomic mass is 10.1. The van der Waals surface area contributed by atoms with E-state index in [1.807, 2.05) is 56.3 Å². The molecule has 0 aliphatic carbocycles. The predicted molar refractivity (Wildman–Crippen MR) is 117 cm³/mol. The minimum Gasteiger partial charge on any atom is -0.307 e. The Balaban J connectivity index is 1.76. The molecule has 0 radical (unpaired) electrons. The fourth-order valence-electron chi connectivity index (χ4n) is 3.89. The van der Waals surface area contributed by atoms with Gasteiger partial charge in [-0.2, -0.15) is 5.10 Å². The highest BCUT2D eigenvalue weighted by Crippen LogP contribution is 2.28. The number of nitrogens with zero attached hydrogens (tertiary/aromatic N) is 3. The standard InChI is InChI=1S/C23H19N5O2/c1-13-10-16(8-9-24-13)21-17-11-18-19(12-20(17)26-27-21)25-23(30)28(22(18)29)14(2)15-6-4-3-5-7-15/h3-12,14H,1-2H3,(H,25,30)(H,26,27). The Morgan fingerprint density at radius 3 is 2.53 bits per heavy atom. The second-order valence-electron chi connectivity index (χ2n) is 7.39. The number of benzene rings is 2. The van der Waals surface area contributed by atoms with Crippen LogP contribution in [0.25, 0.3) is 33.1 Å². The maximum atomic E-state index is 13.3. The molecule has 3 heterocycles. The van der Waals surface area contributed by atoms with Gasteiger partial charge >= 0.3 is 5.69 Å². The third-order valence-electron chi connectivity index (χ3n) is 5.45. The van der Waals surface area contributed by atoms with Crippen LogP contribution in [0.2, 0.25) is 0 Å². The Labute approximate surface area is 171 Å². The first-order valence-electron chi connectivity index (χ1n) is 9.67. The number of fused-ring (bicyclic) bond motifs is 2. The average molecular weight is 397 g/mol. The molecule has 3 aromatic heterocycles. The quantitative estimate of drug-likeness (QED) is 0.487.